The number of halogens is 4. The molecular formula is C17H14F4N4O. The summed E-state index contributed by atoms with van der Waals surface area (Å²) in [4.78, 5) is 4.20. The lowest BCUT2D eigenvalue weighted by Crippen LogP contribution is -2.17. The molecule has 1 aromatic heterocycles. The molecular weight excluding hydrogens is 352 g/mol. The summed E-state index contributed by atoms with van der Waals surface area (Å²) >= 11 is 0. The predicted octanol–water partition coefficient (Wildman–Crippen LogP) is 4.21. The van der Waals surface area contributed by atoms with Gasteiger partial charge in [-0.2, -0.15) is 5.26 Å². The fourth-order valence-corrected chi connectivity index (χ4v) is 2.76. The molecule has 9 heteroatoms. The van der Waals surface area contributed by atoms with Crippen molar-refractivity contribution in [1.29, 1.82) is 5.26 Å². The molecule has 0 fully saturated rings. The number of nitrogens with zero attached hydrogens (tertiary/aromatic N) is 4. The molecule has 2 aromatic rings. The fraction of sp³-hybridized carbons (Fsp3) is 0.353. The van der Waals surface area contributed by atoms with Crippen LogP contribution in [0.1, 0.15) is 25.1 Å². The number of benzene rings is 1. The standard InChI is InChI=1S/C17H14F4N4O/c18-15(9-22)11-1-3-12(4-2-11)16-23-10-25(24-16)13-5-7-14(8-6-13)26-17(19,20)21/h3,5-8,10-11,15H,1-2,4H2. The highest BCUT2D eigenvalue weighted by atomic mass is 19.4. The highest BCUT2D eigenvalue weighted by molar-refractivity contribution is 5.60. The van der Waals surface area contributed by atoms with Crippen LogP contribution in [-0.2, 0) is 0 Å². The Bertz CT molecular complexity index is 836. The lowest BCUT2D eigenvalue weighted by molar-refractivity contribution is -0.274. The summed E-state index contributed by atoms with van der Waals surface area (Å²) in [7, 11) is 0. The van der Waals surface area contributed by atoms with Gasteiger partial charge in [0.05, 0.1) is 5.69 Å². The lowest BCUT2D eigenvalue weighted by atomic mass is 9.86. The maximum Gasteiger partial charge on any atom is 0.573 e. The third kappa shape index (κ3) is 4.20. The molecule has 0 radical (unpaired) electrons. The van der Waals surface area contributed by atoms with E-state index in [1.165, 1.54) is 35.3 Å². The van der Waals surface area contributed by atoms with Gasteiger partial charge in [0.25, 0.3) is 0 Å². The summed E-state index contributed by atoms with van der Waals surface area (Å²) in [6, 6.07) is 6.88. The van der Waals surface area contributed by atoms with Crippen LogP contribution in [0.2, 0.25) is 0 Å². The van der Waals surface area contributed by atoms with E-state index in [1.54, 1.807) is 6.07 Å². The van der Waals surface area contributed by atoms with Gasteiger partial charge in [-0.15, -0.1) is 18.3 Å². The van der Waals surface area contributed by atoms with Gasteiger partial charge in [0, 0.05) is 5.92 Å². The third-order valence-corrected chi connectivity index (χ3v) is 4.10. The van der Waals surface area contributed by atoms with Gasteiger partial charge in [-0.05, 0) is 49.1 Å². The lowest BCUT2D eigenvalue weighted by Gasteiger charge is -2.20. The van der Waals surface area contributed by atoms with Crippen molar-refractivity contribution >= 4 is 5.57 Å². The van der Waals surface area contributed by atoms with E-state index in [1.807, 2.05) is 6.08 Å². The monoisotopic (exact) mass is 366 g/mol. The van der Waals surface area contributed by atoms with Crippen LogP contribution in [0.4, 0.5) is 17.6 Å². The topological polar surface area (TPSA) is 63.7 Å². The maximum atomic E-state index is 13.4. The van der Waals surface area contributed by atoms with E-state index in [9.17, 15) is 17.6 Å². The van der Waals surface area contributed by atoms with Crippen molar-refractivity contribution in [3.05, 3.63) is 42.5 Å². The Morgan fingerprint density at radius 3 is 2.58 bits per heavy atom. The molecule has 3 rings (SSSR count). The first-order valence-electron chi connectivity index (χ1n) is 7.86. The summed E-state index contributed by atoms with van der Waals surface area (Å²) in [6.45, 7) is 0. The summed E-state index contributed by atoms with van der Waals surface area (Å²) < 4.78 is 55.2. The molecule has 0 spiro atoms. The molecule has 0 bridgehead atoms. The van der Waals surface area contributed by atoms with Crippen LogP contribution in [0.25, 0.3) is 11.3 Å². The molecule has 136 valence electrons. The number of hydrogen-bond donors (Lipinski definition) is 0. The number of hydrogen-bond acceptors (Lipinski definition) is 4. The van der Waals surface area contributed by atoms with Crippen molar-refractivity contribution in [1.82, 2.24) is 14.8 Å². The first kappa shape index (κ1) is 17.9. The minimum Gasteiger partial charge on any atom is -0.406 e. The SMILES string of the molecule is N#CC(F)C1CC=C(c2ncn(-c3ccc(OC(F)(F)F)cc3)n2)CC1. The number of rotatable bonds is 4. The van der Waals surface area contributed by atoms with Gasteiger partial charge >= 0.3 is 6.36 Å². The minimum absolute atomic E-state index is 0.313. The van der Waals surface area contributed by atoms with E-state index in [-0.39, 0.29) is 11.7 Å². The fourth-order valence-electron chi connectivity index (χ4n) is 2.76. The molecule has 0 aliphatic heterocycles. The predicted molar refractivity (Wildman–Crippen MR) is 83.9 cm³/mol. The molecule has 5 nitrogen and oxygen atoms in total. The molecule has 0 saturated heterocycles. The zero-order valence-corrected chi connectivity index (χ0v) is 13.4. The zero-order valence-electron chi connectivity index (χ0n) is 13.4. The minimum atomic E-state index is -4.74. The molecule has 26 heavy (non-hydrogen) atoms. The molecule has 0 saturated carbocycles. The number of allylic oxidation sites excluding steroid dienone is 2. The summed E-state index contributed by atoms with van der Waals surface area (Å²) in [5.41, 5.74) is 1.39. The van der Waals surface area contributed by atoms with Crippen LogP contribution in [-0.4, -0.2) is 27.3 Å². The molecule has 2 unspecified atom stereocenters. The zero-order chi connectivity index (χ0) is 18.7. The van der Waals surface area contributed by atoms with E-state index in [2.05, 4.69) is 14.8 Å². The summed E-state index contributed by atoms with van der Waals surface area (Å²) in [5, 5.41) is 13.0. The van der Waals surface area contributed by atoms with Gasteiger partial charge in [0.2, 0.25) is 0 Å². The van der Waals surface area contributed by atoms with Crippen LogP contribution >= 0.6 is 0 Å². The number of ether oxygens (including phenoxy) is 1. The van der Waals surface area contributed by atoms with Crippen molar-refractivity contribution in [2.75, 3.05) is 0 Å². The second-order valence-corrected chi connectivity index (χ2v) is 5.85. The summed E-state index contributed by atoms with van der Waals surface area (Å²) in [6.07, 6.45) is -1.38. The van der Waals surface area contributed by atoms with Crippen molar-refractivity contribution in [3.8, 4) is 17.5 Å². The highest BCUT2D eigenvalue weighted by Gasteiger charge is 2.31. The largest absolute Gasteiger partial charge is 0.573 e. The van der Waals surface area contributed by atoms with Crippen LogP contribution in [0, 0.1) is 17.2 Å². The van der Waals surface area contributed by atoms with Gasteiger partial charge in [-0.25, -0.2) is 14.1 Å². The molecule has 1 heterocycles. The molecule has 1 aliphatic carbocycles. The van der Waals surface area contributed by atoms with E-state index < -0.39 is 12.5 Å². The number of aromatic nitrogens is 3. The Morgan fingerprint density at radius 2 is 2.00 bits per heavy atom. The van der Waals surface area contributed by atoms with Crippen LogP contribution < -0.4 is 4.74 Å². The van der Waals surface area contributed by atoms with Gasteiger partial charge < -0.3 is 4.74 Å². The Morgan fingerprint density at radius 1 is 1.27 bits per heavy atom. The van der Waals surface area contributed by atoms with Crippen molar-refractivity contribution in [2.45, 2.75) is 31.8 Å². The van der Waals surface area contributed by atoms with E-state index in [0.717, 1.165) is 5.57 Å². The molecule has 0 N–H and O–H groups in total. The molecule has 1 aromatic carbocycles. The van der Waals surface area contributed by atoms with Gasteiger partial charge in [-0.1, -0.05) is 6.08 Å². The Balaban J connectivity index is 1.71. The Hall–Kier alpha value is -2.89. The maximum absolute atomic E-state index is 13.4. The quantitative estimate of drug-likeness (QED) is 0.761. The van der Waals surface area contributed by atoms with Crippen molar-refractivity contribution < 1.29 is 22.3 Å². The highest BCUT2D eigenvalue weighted by Crippen LogP contribution is 2.31. The van der Waals surface area contributed by atoms with Crippen molar-refractivity contribution in [2.24, 2.45) is 5.92 Å². The van der Waals surface area contributed by atoms with E-state index >= 15 is 0 Å². The second kappa shape index (κ2) is 7.15. The van der Waals surface area contributed by atoms with Gasteiger partial charge in [0.15, 0.2) is 12.0 Å². The summed E-state index contributed by atoms with van der Waals surface area (Å²) in [5.74, 6) is -0.153. The first-order chi connectivity index (χ1) is 12.4. The van der Waals surface area contributed by atoms with E-state index in [4.69, 9.17) is 5.26 Å². The first-order valence-corrected chi connectivity index (χ1v) is 7.86. The molecule has 1 aliphatic rings. The average Bonchev–Trinajstić information content (AvgIpc) is 3.10. The molecule has 0 amide bonds. The van der Waals surface area contributed by atoms with Crippen LogP contribution in [0.5, 0.6) is 5.75 Å². The van der Waals surface area contributed by atoms with Crippen LogP contribution in [0.3, 0.4) is 0 Å². The second-order valence-electron chi connectivity index (χ2n) is 5.85. The Kier molecular flexibility index (Phi) is 4.93. The Labute approximate surface area is 146 Å². The number of alkyl halides is 4. The van der Waals surface area contributed by atoms with Gasteiger partial charge in [0.1, 0.15) is 18.1 Å². The van der Waals surface area contributed by atoms with E-state index in [0.29, 0.717) is 30.8 Å². The normalized spacial score (nSPS) is 18.7. The average molecular weight is 366 g/mol. The third-order valence-electron chi connectivity index (χ3n) is 4.10. The van der Waals surface area contributed by atoms with Gasteiger partial charge in [-0.3, -0.25) is 0 Å². The smallest absolute Gasteiger partial charge is 0.406 e. The van der Waals surface area contributed by atoms with Crippen molar-refractivity contribution in [3.63, 3.8) is 0 Å². The number of nitriles is 1. The van der Waals surface area contributed by atoms with Crippen LogP contribution in [0.15, 0.2) is 36.7 Å². The molecule has 2 atom stereocenters.